The van der Waals surface area contributed by atoms with Crippen molar-refractivity contribution in [1.82, 2.24) is 24.8 Å². The van der Waals surface area contributed by atoms with Gasteiger partial charge in [0, 0.05) is 79.3 Å². The Bertz CT molecular complexity index is 1770. The molecule has 1 saturated heterocycles. The second-order valence-electron chi connectivity index (χ2n) is 11.3. The average molecular weight is 646 g/mol. The summed E-state index contributed by atoms with van der Waals surface area (Å²) in [7, 11) is 3.06. The topological polar surface area (TPSA) is 123 Å². The zero-order valence-electron chi connectivity index (χ0n) is 26.6. The average Bonchev–Trinajstić information content (AvgIpc) is 3.06. The minimum absolute atomic E-state index is 0.257. The minimum atomic E-state index is -0.281. The molecule has 242 valence electrons. The first kappa shape index (κ1) is 32.9. The fourth-order valence-electron chi connectivity index (χ4n) is 5.78. The molecule has 2 atom stereocenters. The molecular formula is C34H40ClN7O4. The lowest BCUT2D eigenvalue weighted by Gasteiger charge is -2.39. The first-order valence-corrected chi connectivity index (χ1v) is 15.6. The van der Waals surface area contributed by atoms with Gasteiger partial charge in [0.25, 0.3) is 5.56 Å². The third-order valence-corrected chi connectivity index (χ3v) is 8.67. The van der Waals surface area contributed by atoms with Crippen LogP contribution in [0.1, 0.15) is 19.4 Å². The first-order chi connectivity index (χ1) is 22.2. The zero-order valence-corrected chi connectivity index (χ0v) is 27.4. The van der Waals surface area contributed by atoms with Crippen LogP contribution in [0.4, 0.5) is 11.6 Å². The molecule has 4 aromatic rings. The molecule has 0 saturated carbocycles. The van der Waals surface area contributed by atoms with Crippen LogP contribution in [0.5, 0.6) is 11.5 Å². The maximum absolute atomic E-state index is 14.2. The third kappa shape index (κ3) is 7.33. The Morgan fingerprint density at radius 1 is 1.09 bits per heavy atom. The largest absolute Gasteiger partial charge is 0.497 e. The highest BCUT2D eigenvalue weighted by Crippen LogP contribution is 2.38. The summed E-state index contributed by atoms with van der Waals surface area (Å²) in [6, 6.07) is 13.5. The van der Waals surface area contributed by atoms with E-state index < -0.39 is 0 Å². The van der Waals surface area contributed by atoms with Crippen molar-refractivity contribution in [2.45, 2.75) is 38.9 Å². The predicted octanol–water partition coefficient (Wildman–Crippen LogP) is 4.59. The van der Waals surface area contributed by atoms with E-state index in [9.17, 15) is 9.59 Å². The van der Waals surface area contributed by atoms with Crippen molar-refractivity contribution in [3.8, 4) is 22.6 Å². The molecule has 2 aromatic carbocycles. The van der Waals surface area contributed by atoms with E-state index in [0.29, 0.717) is 81.9 Å². The molecule has 1 fully saturated rings. The Labute approximate surface area is 273 Å². The molecule has 1 aliphatic heterocycles. The van der Waals surface area contributed by atoms with Crippen LogP contribution >= 0.6 is 11.6 Å². The highest BCUT2D eigenvalue weighted by Gasteiger charge is 2.24. The van der Waals surface area contributed by atoms with Gasteiger partial charge in [0.2, 0.25) is 11.9 Å². The number of hydrogen-bond acceptors (Lipinski definition) is 9. The number of ether oxygens (including phenoxy) is 2. The van der Waals surface area contributed by atoms with E-state index in [-0.39, 0.29) is 11.5 Å². The van der Waals surface area contributed by atoms with Crippen LogP contribution < -0.4 is 31.0 Å². The van der Waals surface area contributed by atoms with Crippen LogP contribution in [0.25, 0.3) is 22.2 Å². The van der Waals surface area contributed by atoms with Crippen LogP contribution in [0.2, 0.25) is 5.02 Å². The summed E-state index contributed by atoms with van der Waals surface area (Å²) in [5.41, 5.74) is 2.76. The van der Waals surface area contributed by atoms with E-state index in [1.165, 1.54) is 13.2 Å². The molecule has 11 nitrogen and oxygen atoms in total. The highest BCUT2D eigenvalue weighted by molar-refractivity contribution is 6.35. The molecule has 0 spiro atoms. The quantitative estimate of drug-likeness (QED) is 0.190. The van der Waals surface area contributed by atoms with Gasteiger partial charge in [0.05, 0.1) is 19.2 Å². The Morgan fingerprint density at radius 2 is 1.83 bits per heavy atom. The number of aryl methyl sites for hydroxylation is 2. The number of fused-ring (bicyclic) bond motifs is 1. The van der Waals surface area contributed by atoms with Crippen molar-refractivity contribution in [3.05, 3.63) is 82.3 Å². The van der Waals surface area contributed by atoms with Gasteiger partial charge in [0.1, 0.15) is 17.1 Å². The number of benzene rings is 2. The van der Waals surface area contributed by atoms with Crippen molar-refractivity contribution < 1.29 is 14.3 Å². The maximum Gasteiger partial charge on any atom is 0.260 e. The molecular weight excluding hydrogens is 606 g/mol. The number of pyridine rings is 1. The standard InChI is InChI=1S/C34H40ClN7O4/c1-6-30(43)39-25-9-7-23(8-10-25)11-13-42-32-24(15-28(33(42)44)27-16-26(45-4)17-29(46-5)31(27)35)20-38-34(40-32)37-12-14-41-21(2)18-36-19-22(41)3/h6-10,15-17,20-22,36H,1,11-14,18-19H2,2-5H3,(H,39,43)(H,37,38,40)/t21-,22+. The monoisotopic (exact) mass is 645 g/mol. The van der Waals surface area contributed by atoms with Gasteiger partial charge in [-0.05, 0) is 56.2 Å². The molecule has 5 rings (SSSR count). The number of hydrogen-bond donors (Lipinski definition) is 3. The summed E-state index contributed by atoms with van der Waals surface area (Å²) in [4.78, 5) is 37.8. The van der Waals surface area contributed by atoms with Crippen LogP contribution in [0.3, 0.4) is 0 Å². The number of nitrogens with one attached hydrogen (secondary N) is 3. The van der Waals surface area contributed by atoms with Crippen molar-refractivity contribution in [3.63, 3.8) is 0 Å². The summed E-state index contributed by atoms with van der Waals surface area (Å²) in [6.07, 6.45) is 3.48. The van der Waals surface area contributed by atoms with Gasteiger partial charge < -0.3 is 25.4 Å². The van der Waals surface area contributed by atoms with E-state index in [1.807, 2.05) is 24.3 Å². The Morgan fingerprint density at radius 3 is 2.50 bits per heavy atom. The lowest BCUT2D eigenvalue weighted by atomic mass is 10.0. The van der Waals surface area contributed by atoms with Gasteiger partial charge in [-0.25, -0.2) is 4.98 Å². The van der Waals surface area contributed by atoms with Gasteiger partial charge in [0.15, 0.2) is 0 Å². The molecule has 0 unspecified atom stereocenters. The normalized spacial score (nSPS) is 16.6. The van der Waals surface area contributed by atoms with E-state index in [1.54, 1.807) is 36.1 Å². The lowest BCUT2D eigenvalue weighted by Crippen LogP contribution is -2.56. The Hall–Kier alpha value is -4.45. The zero-order chi connectivity index (χ0) is 32.8. The van der Waals surface area contributed by atoms with Crippen LogP contribution in [0.15, 0.2) is 66.1 Å². The predicted molar refractivity (Wildman–Crippen MR) is 183 cm³/mol. The number of aromatic nitrogens is 3. The molecule has 2 aromatic heterocycles. The number of carbonyl (C=O) groups is 1. The molecule has 1 amide bonds. The fraction of sp³-hybridized carbons (Fsp3) is 0.353. The van der Waals surface area contributed by atoms with Gasteiger partial charge in [-0.3, -0.25) is 19.1 Å². The highest BCUT2D eigenvalue weighted by atomic mass is 35.5. The molecule has 1 aliphatic rings. The van der Waals surface area contributed by atoms with Gasteiger partial charge in [-0.15, -0.1) is 0 Å². The molecule has 46 heavy (non-hydrogen) atoms. The van der Waals surface area contributed by atoms with E-state index in [2.05, 4.69) is 46.3 Å². The Balaban J connectivity index is 1.49. The summed E-state index contributed by atoms with van der Waals surface area (Å²) in [5, 5.41) is 10.6. The number of methoxy groups -OCH3 is 2. The number of nitrogens with zero attached hydrogens (tertiary/aromatic N) is 4. The van der Waals surface area contributed by atoms with Crippen molar-refractivity contribution in [2.24, 2.45) is 0 Å². The van der Waals surface area contributed by atoms with E-state index in [4.69, 9.17) is 26.1 Å². The lowest BCUT2D eigenvalue weighted by molar-refractivity contribution is -0.111. The summed E-state index contributed by atoms with van der Waals surface area (Å²) in [6.45, 7) is 11.7. The maximum atomic E-state index is 14.2. The number of rotatable bonds is 12. The van der Waals surface area contributed by atoms with Gasteiger partial charge in [-0.1, -0.05) is 30.3 Å². The molecule has 0 radical (unpaired) electrons. The summed E-state index contributed by atoms with van der Waals surface area (Å²) < 4.78 is 12.6. The molecule has 0 aliphatic carbocycles. The Kier molecular flexibility index (Phi) is 10.6. The van der Waals surface area contributed by atoms with Crippen LogP contribution in [-0.4, -0.2) is 77.8 Å². The number of anilines is 2. The number of carbonyl (C=O) groups excluding carboxylic acids is 1. The molecule has 0 bridgehead atoms. The van der Waals surface area contributed by atoms with Gasteiger partial charge in [-0.2, -0.15) is 4.98 Å². The number of piperazine rings is 1. The van der Waals surface area contributed by atoms with Crippen molar-refractivity contribution in [2.75, 3.05) is 51.0 Å². The molecule has 12 heteroatoms. The number of halogens is 1. The third-order valence-electron chi connectivity index (χ3n) is 8.28. The smallest absolute Gasteiger partial charge is 0.260 e. The second-order valence-corrected chi connectivity index (χ2v) is 11.7. The van der Waals surface area contributed by atoms with Crippen molar-refractivity contribution >= 4 is 40.2 Å². The van der Waals surface area contributed by atoms with E-state index in [0.717, 1.165) is 25.2 Å². The molecule has 3 heterocycles. The fourth-order valence-corrected chi connectivity index (χ4v) is 6.06. The molecule has 3 N–H and O–H groups in total. The number of amides is 1. The summed E-state index contributed by atoms with van der Waals surface area (Å²) >= 11 is 6.74. The second kappa shape index (κ2) is 14.8. The summed E-state index contributed by atoms with van der Waals surface area (Å²) in [5.74, 6) is 1.08. The van der Waals surface area contributed by atoms with E-state index >= 15 is 0 Å². The van der Waals surface area contributed by atoms with Crippen molar-refractivity contribution in [1.29, 1.82) is 0 Å². The van der Waals surface area contributed by atoms with Gasteiger partial charge >= 0.3 is 0 Å². The van der Waals surface area contributed by atoms with Crippen LogP contribution in [-0.2, 0) is 17.8 Å². The minimum Gasteiger partial charge on any atom is -0.497 e. The van der Waals surface area contributed by atoms with Crippen LogP contribution in [0, 0.1) is 0 Å². The first-order valence-electron chi connectivity index (χ1n) is 15.3. The SMILES string of the molecule is C=CC(=O)Nc1ccc(CCn2c(=O)c(-c3cc(OC)cc(OC)c3Cl)cc3cnc(NCCN4[C@H](C)CNC[C@@H]4C)nc32)cc1.